The number of ether oxygens (including phenoxy) is 1. The maximum atomic E-state index is 13.5. The lowest BCUT2D eigenvalue weighted by molar-refractivity contribution is 0.102. The van der Waals surface area contributed by atoms with Crippen molar-refractivity contribution >= 4 is 34.8 Å². The Labute approximate surface area is 199 Å². The van der Waals surface area contributed by atoms with Gasteiger partial charge in [0, 0.05) is 6.20 Å². The molecule has 2 heterocycles. The van der Waals surface area contributed by atoms with E-state index in [2.05, 4.69) is 15.5 Å². The number of nitrogens with zero attached hydrogens (tertiary/aromatic N) is 4. The van der Waals surface area contributed by atoms with E-state index in [1.165, 1.54) is 16.8 Å². The third-order valence-corrected chi connectivity index (χ3v) is 5.78. The van der Waals surface area contributed by atoms with Crippen LogP contribution < -0.4 is 10.1 Å². The number of aromatic nitrogens is 4. The SMILES string of the molecule is Cc1nn(Cc2cccc(F)c2)c(C)c1NC(=O)c1ccn(COc2cccc(Cl)c2Cl)n1. The van der Waals surface area contributed by atoms with E-state index >= 15 is 0 Å². The van der Waals surface area contributed by atoms with E-state index in [0.29, 0.717) is 33.7 Å². The van der Waals surface area contributed by atoms with Crippen molar-refractivity contribution in [3.63, 3.8) is 0 Å². The molecule has 0 saturated heterocycles. The van der Waals surface area contributed by atoms with Crippen LogP contribution in [0.2, 0.25) is 10.0 Å². The lowest BCUT2D eigenvalue weighted by Crippen LogP contribution is -2.15. The highest BCUT2D eigenvalue weighted by atomic mass is 35.5. The molecule has 1 N–H and O–H groups in total. The minimum Gasteiger partial charge on any atom is -0.470 e. The number of aryl methyl sites for hydroxylation is 1. The van der Waals surface area contributed by atoms with Gasteiger partial charge in [-0.1, -0.05) is 41.4 Å². The van der Waals surface area contributed by atoms with E-state index in [4.69, 9.17) is 27.9 Å². The first-order chi connectivity index (χ1) is 15.8. The number of amides is 1. The second-order valence-corrected chi connectivity index (χ2v) is 8.14. The Morgan fingerprint density at radius 2 is 1.91 bits per heavy atom. The molecule has 7 nitrogen and oxygen atoms in total. The van der Waals surface area contributed by atoms with Gasteiger partial charge in [0.25, 0.3) is 5.91 Å². The molecule has 0 atom stereocenters. The summed E-state index contributed by atoms with van der Waals surface area (Å²) in [5.74, 6) is -0.270. The lowest BCUT2D eigenvalue weighted by Gasteiger charge is -2.09. The van der Waals surface area contributed by atoms with Crippen LogP contribution in [0.25, 0.3) is 0 Å². The number of carbonyl (C=O) groups excluding carboxylic acids is 1. The topological polar surface area (TPSA) is 74.0 Å². The molecular formula is C23H20Cl2FN5O2. The fourth-order valence-corrected chi connectivity index (χ4v) is 3.65. The third kappa shape index (κ3) is 5.18. The molecule has 0 aliphatic carbocycles. The highest BCUT2D eigenvalue weighted by Gasteiger charge is 2.17. The fraction of sp³-hybridized carbons (Fsp3) is 0.174. The Morgan fingerprint density at radius 3 is 2.70 bits per heavy atom. The Balaban J connectivity index is 1.43. The summed E-state index contributed by atoms with van der Waals surface area (Å²) < 4.78 is 22.3. The molecule has 10 heteroatoms. The maximum absolute atomic E-state index is 13.5. The monoisotopic (exact) mass is 487 g/mol. The third-order valence-electron chi connectivity index (χ3n) is 4.98. The molecule has 4 aromatic rings. The minimum atomic E-state index is -0.383. The molecule has 170 valence electrons. The van der Waals surface area contributed by atoms with Crippen molar-refractivity contribution in [1.82, 2.24) is 19.6 Å². The molecule has 2 aromatic heterocycles. The van der Waals surface area contributed by atoms with Gasteiger partial charge < -0.3 is 10.1 Å². The second-order valence-electron chi connectivity index (χ2n) is 7.35. The van der Waals surface area contributed by atoms with Gasteiger partial charge in [0.2, 0.25) is 0 Å². The maximum Gasteiger partial charge on any atom is 0.276 e. The van der Waals surface area contributed by atoms with Gasteiger partial charge in [-0.15, -0.1) is 0 Å². The molecule has 0 aliphatic rings. The molecule has 0 aliphatic heterocycles. The van der Waals surface area contributed by atoms with Crippen molar-refractivity contribution in [2.24, 2.45) is 0 Å². The molecule has 0 radical (unpaired) electrons. The van der Waals surface area contributed by atoms with Crippen molar-refractivity contribution in [3.8, 4) is 5.75 Å². The molecule has 4 rings (SSSR count). The van der Waals surface area contributed by atoms with Crippen molar-refractivity contribution in [1.29, 1.82) is 0 Å². The van der Waals surface area contributed by atoms with E-state index in [-0.39, 0.29) is 24.1 Å². The number of benzene rings is 2. The fourth-order valence-electron chi connectivity index (χ4n) is 3.30. The smallest absolute Gasteiger partial charge is 0.276 e. The van der Waals surface area contributed by atoms with Crippen molar-refractivity contribution in [3.05, 3.63) is 93.2 Å². The van der Waals surface area contributed by atoms with Crippen molar-refractivity contribution in [2.75, 3.05) is 5.32 Å². The van der Waals surface area contributed by atoms with Crippen LogP contribution in [0.15, 0.2) is 54.7 Å². The summed E-state index contributed by atoms with van der Waals surface area (Å²) in [5, 5.41) is 12.3. The average molecular weight is 488 g/mol. The van der Waals surface area contributed by atoms with E-state index in [0.717, 1.165) is 11.3 Å². The number of halogens is 3. The van der Waals surface area contributed by atoms with Gasteiger partial charge in [0.15, 0.2) is 12.4 Å². The summed E-state index contributed by atoms with van der Waals surface area (Å²) in [4.78, 5) is 12.8. The summed E-state index contributed by atoms with van der Waals surface area (Å²) in [7, 11) is 0. The molecule has 0 saturated carbocycles. The highest BCUT2D eigenvalue weighted by Crippen LogP contribution is 2.31. The van der Waals surface area contributed by atoms with E-state index in [1.54, 1.807) is 48.1 Å². The van der Waals surface area contributed by atoms with E-state index in [1.807, 2.05) is 13.0 Å². The lowest BCUT2D eigenvalue weighted by atomic mass is 10.2. The first-order valence-corrected chi connectivity index (χ1v) is 10.8. The first-order valence-electron chi connectivity index (χ1n) is 10.0. The second kappa shape index (κ2) is 9.64. The Morgan fingerprint density at radius 1 is 1.12 bits per heavy atom. The quantitative estimate of drug-likeness (QED) is 0.374. The van der Waals surface area contributed by atoms with Gasteiger partial charge in [-0.05, 0) is 49.7 Å². The predicted octanol–water partition coefficient (Wildman–Crippen LogP) is 5.48. The average Bonchev–Trinajstić information content (AvgIpc) is 3.35. The summed E-state index contributed by atoms with van der Waals surface area (Å²) in [6.07, 6.45) is 1.63. The summed E-state index contributed by atoms with van der Waals surface area (Å²) >= 11 is 12.1. The summed E-state index contributed by atoms with van der Waals surface area (Å²) in [5.41, 5.74) is 2.98. The van der Waals surface area contributed by atoms with Crippen LogP contribution in [0.3, 0.4) is 0 Å². The Hall–Kier alpha value is -3.36. The van der Waals surface area contributed by atoms with Crippen LogP contribution in [-0.4, -0.2) is 25.5 Å². The van der Waals surface area contributed by atoms with Gasteiger partial charge in [-0.2, -0.15) is 10.2 Å². The number of rotatable bonds is 7. The molecule has 33 heavy (non-hydrogen) atoms. The predicted molar refractivity (Wildman–Crippen MR) is 124 cm³/mol. The van der Waals surface area contributed by atoms with Gasteiger partial charge in [0.1, 0.15) is 16.6 Å². The molecule has 0 spiro atoms. The van der Waals surface area contributed by atoms with Crippen LogP contribution in [0, 0.1) is 19.7 Å². The van der Waals surface area contributed by atoms with Crippen LogP contribution >= 0.6 is 23.2 Å². The molecule has 0 bridgehead atoms. The first kappa shape index (κ1) is 22.8. The van der Waals surface area contributed by atoms with Crippen LogP contribution in [0.1, 0.15) is 27.4 Å². The minimum absolute atomic E-state index is 0.0525. The van der Waals surface area contributed by atoms with Crippen LogP contribution in [-0.2, 0) is 13.3 Å². The van der Waals surface area contributed by atoms with Crippen molar-refractivity contribution < 1.29 is 13.9 Å². The largest absolute Gasteiger partial charge is 0.470 e. The molecule has 2 aromatic carbocycles. The zero-order chi connectivity index (χ0) is 23.5. The van der Waals surface area contributed by atoms with Crippen molar-refractivity contribution in [2.45, 2.75) is 27.1 Å². The van der Waals surface area contributed by atoms with Gasteiger partial charge in [-0.25, -0.2) is 9.07 Å². The summed E-state index contributed by atoms with van der Waals surface area (Å²) in [6, 6.07) is 13.0. The molecule has 0 fully saturated rings. The highest BCUT2D eigenvalue weighted by molar-refractivity contribution is 6.42. The van der Waals surface area contributed by atoms with Gasteiger partial charge in [0.05, 0.1) is 28.6 Å². The Kier molecular flexibility index (Phi) is 6.67. The Bertz CT molecular complexity index is 1320. The van der Waals surface area contributed by atoms with E-state index < -0.39 is 0 Å². The summed E-state index contributed by atoms with van der Waals surface area (Å²) in [6.45, 7) is 4.08. The zero-order valence-electron chi connectivity index (χ0n) is 17.8. The van der Waals surface area contributed by atoms with Crippen LogP contribution in [0.5, 0.6) is 5.75 Å². The molecular weight excluding hydrogens is 468 g/mol. The van der Waals surface area contributed by atoms with Crippen LogP contribution in [0.4, 0.5) is 10.1 Å². The number of anilines is 1. The number of hydrogen-bond acceptors (Lipinski definition) is 4. The normalized spacial score (nSPS) is 10.9. The van der Waals surface area contributed by atoms with Gasteiger partial charge in [-0.3, -0.25) is 9.48 Å². The molecule has 0 unspecified atom stereocenters. The molecule has 1 amide bonds. The number of hydrogen-bond donors (Lipinski definition) is 1. The zero-order valence-corrected chi connectivity index (χ0v) is 19.4. The standard InChI is InChI=1S/C23H20Cl2FN5O2/c1-14-22(15(2)31(28-14)12-16-5-3-6-17(26)11-16)27-23(32)19-9-10-30(29-19)13-33-20-8-4-7-18(24)21(20)25/h3-11H,12-13H2,1-2H3,(H,27,32). The van der Waals surface area contributed by atoms with Gasteiger partial charge >= 0.3 is 0 Å². The number of carbonyl (C=O) groups is 1. The number of nitrogens with one attached hydrogen (secondary N) is 1. The van der Waals surface area contributed by atoms with E-state index in [9.17, 15) is 9.18 Å².